The van der Waals surface area contributed by atoms with Crippen LogP contribution in [-0.4, -0.2) is 51.7 Å². The number of aliphatic hydroxyl groups is 3. The van der Waals surface area contributed by atoms with Crippen LogP contribution in [0.1, 0.15) is 19.3 Å². The molecule has 3 N–H and O–H groups in total. The van der Waals surface area contributed by atoms with Gasteiger partial charge in [-0.3, -0.25) is 4.79 Å². The second-order valence-electron chi connectivity index (χ2n) is 4.68. The minimum Gasteiger partial charge on any atom is -0.459 e. The van der Waals surface area contributed by atoms with E-state index in [9.17, 15) is 20.1 Å². The van der Waals surface area contributed by atoms with Crippen LogP contribution in [0.15, 0.2) is 5.11 Å². The zero-order valence-corrected chi connectivity index (χ0v) is 9.59. The Morgan fingerprint density at radius 3 is 2.67 bits per heavy atom. The van der Waals surface area contributed by atoms with E-state index in [-0.39, 0.29) is 6.42 Å². The standard InChI is InChI=1S/C10H15N3O5/c11-13-12-6-8(16)5(14)3-1-2-4-7(15)9(6)18-10(4)17/h4-9,14-16H,1-3H2/t4-,5+,6-,7-,8+,9+/m0/s1. The highest BCUT2D eigenvalue weighted by Gasteiger charge is 2.50. The van der Waals surface area contributed by atoms with Crippen LogP contribution < -0.4 is 0 Å². The second kappa shape index (κ2) is 5.11. The molecule has 1 saturated carbocycles. The van der Waals surface area contributed by atoms with Gasteiger partial charge in [-0.05, 0) is 24.8 Å². The first kappa shape index (κ1) is 13.1. The molecule has 18 heavy (non-hydrogen) atoms. The zero-order chi connectivity index (χ0) is 13.3. The molecule has 2 aliphatic rings. The first-order valence-corrected chi connectivity index (χ1v) is 5.85. The maximum absolute atomic E-state index is 11.6. The fourth-order valence-corrected chi connectivity index (χ4v) is 2.55. The molecule has 6 atom stereocenters. The highest BCUT2D eigenvalue weighted by molar-refractivity contribution is 5.75. The molecule has 1 saturated heterocycles. The summed E-state index contributed by atoms with van der Waals surface area (Å²) in [5, 5.41) is 33.0. The third-order valence-corrected chi connectivity index (χ3v) is 3.58. The fraction of sp³-hybridized carbons (Fsp3) is 0.900. The third kappa shape index (κ3) is 2.15. The van der Waals surface area contributed by atoms with Gasteiger partial charge in [0.25, 0.3) is 0 Å². The summed E-state index contributed by atoms with van der Waals surface area (Å²) in [5.41, 5.74) is 8.48. The van der Waals surface area contributed by atoms with Gasteiger partial charge in [0.15, 0.2) is 0 Å². The van der Waals surface area contributed by atoms with Crippen molar-refractivity contribution in [3.05, 3.63) is 10.4 Å². The topological polar surface area (TPSA) is 136 Å². The number of nitrogens with zero attached hydrogens (tertiary/aromatic N) is 3. The van der Waals surface area contributed by atoms with Gasteiger partial charge < -0.3 is 20.1 Å². The lowest BCUT2D eigenvalue weighted by Gasteiger charge is -2.27. The van der Waals surface area contributed by atoms with Crippen LogP contribution >= 0.6 is 0 Å². The molecule has 2 fully saturated rings. The van der Waals surface area contributed by atoms with Gasteiger partial charge in [0.2, 0.25) is 0 Å². The highest BCUT2D eigenvalue weighted by atomic mass is 16.6. The van der Waals surface area contributed by atoms with Gasteiger partial charge in [-0.1, -0.05) is 5.11 Å². The summed E-state index contributed by atoms with van der Waals surface area (Å²) in [4.78, 5) is 14.1. The zero-order valence-electron chi connectivity index (χ0n) is 9.59. The van der Waals surface area contributed by atoms with E-state index in [4.69, 9.17) is 10.3 Å². The van der Waals surface area contributed by atoms with Gasteiger partial charge in [-0.2, -0.15) is 0 Å². The van der Waals surface area contributed by atoms with Crippen molar-refractivity contribution in [2.45, 2.75) is 49.7 Å². The number of hydrogen-bond donors (Lipinski definition) is 3. The second-order valence-corrected chi connectivity index (χ2v) is 4.68. The molecule has 0 amide bonds. The first-order valence-electron chi connectivity index (χ1n) is 5.85. The molecule has 8 nitrogen and oxygen atoms in total. The van der Waals surface area contributed by atoms with Crippen LogP contribution in [0.4, 0.5) is 0 Å². The average molecular weight is 257 g/mol. The van der Waals surface area contributed by atoms with Crippen molar-refractivity contribution in [3.8, 4) is 0 Å². The molecule has 1 aliphatic heterocycles. The van der Waals surface area contributed by atoms with E-state index in [0.29, 0.717) is 12.8 Å². The minimum atomic E-state index is -1.36. The molecule has 0 spiro atoms. The summed E-state index contributed by atoms with van der Waals surface area (Å²) in [7, 11) is 0. The minimum absolute atomic E-state index is 0.280. The molecule has 0 aromatic carbocycles. The molecule has 2 rings (SSSR count). The van der Waals surface area contributed by atoms with Crippen molar-refractivity contribution < 1.29 is 24.9 Å². The summed E-state index contributed by atoms with van der Waals surface area (Å²) >= 11 is 0. The molecule has 1 heterocycles. The lowest BCUT2D eigenvalue weighted by Crippen LogP contribution is -2.46. The van der Waals surface area contributed by atoms with E-state index in [1.54, 1.807) is 0 Å². The molecule has 0 aromatic heterocycles. The van der Waals surface area contributed by atoms with Crippen LogP contribution in [0.5, 0.6) is 0 Å². The van der Waals surface area contributed by atoms with Crippen molar-refractivity contribution >= 4 is 5.97 Å². The van der Waals surface area contributed by atoms with Crippen molar-refractivity contribution in [3.63, 3.8) is 0 Å². The summed E-state index contributed by atoms with van der Waals surface area (Å²) in [6.07, 6.45) is -3.50. The molecule has 0 unspecified atom stereocenters. The summed E-state index contributed by atoms with van der Waals surface area (Å²) in [6.45, 7) is 0. The van der Waals surface area contributed by atoms with E-state index in [2.05, 4.69) is 10.0 Å². The Morgan fingerprint density at radius 2 is 2.00 bits per heavy atom. The summed E-state index contributed by atoms with van der Waals surface area (Å²) in [5.74, 6) is -1.22. The largest absolute Gasteiger partial charge is 0.459 e. The van der Waals surface area contributed by atoms with E-state index in [1.165, 1.54) is 0 Å². The lowest BCUT2D eigenvalue weighted by atomic mass is 9.93. The number of hydrogen-bond acceptors (Lipinski definition) is 6. The van der Waals surface area contributed by atoms with Crippen molar-refractivity contribution in [2.75, 3.05) is 0 Å². The number of fused-ring (bicyclic) bond motifs is 2. The van der Waals surface area contributed by atoms with Crippen molar-refractivity contribution in [1.82, 2.24) is 0 Å². The molecular weight excluding hydrogens is 242 g/mol. The number of rotatable bonds is 1. The Kier molecular flexibility index (Phi) is 3.72. The maximum atomic E-state index is 11.6. The van der Waals surface area contributed by atoms with Gasteiger partial charge in [0.1, 0.15) is 18.2 Å². The molecule has 0 radical (unpaired) electrons. The smallest absolute Gasteiger partial charge is 0.312 e. The van der Waals surface area contributed by atoms with Crippen molar-refractivity contribution in [2.24, 2.45) is 11.0 Å². The Bertz CT molecular complexity index is 384. The number of ether oxygens (including phenoxy) is 1. The lowest BCUT2D eigenvalue weighted by molar-refractivity contribution is -0.147. The van der Waals surface area contributed by atoms with E-state index in [0.717, 1.165) is 0 Å². The monoisotopic (exact) mass is 257 g/mol. The molecule has 100 valence electrons. The predicted molar refractivity (Wildman–Crippen MR) is 58.2 cm³/mol. The quantitative estimate of drug-likeness (QED) is 0.251. The summed E-state index contributed by atoms with van der Waals surface area (Å²) < 4.78 is 4.97. The van der Waals surface area contributed by atoms with Crippen LogP contribution in [0, 0.1) is 5.92 Å². The van der Waals surface area contributed by atoms with E-state index < -0.39 is 42.3 Å². The van der Waals surface area contributed by atoms with Gasteiger partial charge >= 0.3 is 5.97 Å². The normalized spacial score (nSPS) is 44.3. The maximum Gasteiger partial charge on any atom is 0.312 e. The first-order chi connectivity index (χ1) is 8.56. The Hall–Kier alpha value is -1.34. The van der Waals surface area contributed by atoms with Crippen LogP contribution in [-0.2, 0) is 9.53 Å². The Labute approximate surface area is 103 Å². The number of carbonyl (C=O) groups is 1. The van der Waals surface area contributed by atoms with Crippen LogP contribution in [0.2, 0.25) is 0 Å². The van der Waals surface area contributed by atoms with Gasteiger partial charge in [0.05, 0.1) is 18.1 Å². The average Bonchev–Trinajstić information content (AvgIpc) is 2.63. The number of carbonyl (C=O) groups excluding carboxylic acids is 1. The summed E-state index contributed by atoms with van der Waals surface area (Å²) in [6, 6.07) is -1.17. The molecular formula is C10H15N3O5. The number of azide groups is 1. The predicted octanol–water partition coefficient (Wildman–Crippen LogP) is -0.526. The fourth-order valence-electron chi connectivity index (χ4n) is 2.55. The van der Waals surface area contributed by atoms with Gasteiger partial charge in [-0.15, -0.1) is 0 Å². The van der Waals surface area contributed by atoms with E-state index in [1.807, 2.05) is 0 Å². The van der Waals surface area contributed by atoms with E-state index >= 15 is 0 Å². The highest BCUT2D eigenvalue weighted by Crippen LogP contribution is 2.33. The van der Waals surface area contributed by atoms with Crippen LogP contribution in [0.25, 0.3) is 10.4 Å². The molecule has 1 aliphatic carbocycles. The number of esters is 1. The SMILES string of the molecule is [N-]=[N+]=N[C@H]1[C@H](O)[C@H](O)CCC[C@@H]2C(=O)O[C@H]1[C@H]2O. The van der Waals surface area contributed by atoms with Crippen molar-refractivity contribution in [1.29, 1.82) is 0 Å². The van der Waals surface area contributed by atoms with Crippen LogP contribution in [0.3, 0.4) is 0 Å². The van der Waals surface area contributed by atoms with Gasteiger partial charge in [-0.25, -0.2) is 0 Å². The Morgan fingerprint density at radius 1 is 1.28 bits per heavy atom. The molecule has 8 heteroatoms. The molecule has 0 aromatic rings. The van der Waals surface area contributed by atoms with Gasteiger partial charge in [0, 0.05) is 4.91 Å². The number of aliphatic hydroxyl groups excluding tert-OH is 3. The Balaban J connectivity index is 2.33. The molecule has 2 bridgehead atoms. The third-order valence-electron chi connectivity index (χ3n) is 3.58.